The van der Waals surface area contributed by atoms with Gasteiger partial charge in [-0.2, -0.15) is 0 Å². The highest BCUT2D eigenvalue weighted by Gasteiger charge is 2.40. The molecular weight excluding hydrogens is 264 g/mol. The van der Waals surface area contributed by atoms with E-state index in [1.807, 2.05) is 0 Å². The van der Waals surface area contributed by atoms with Gasteiger partial charge in [-0.15, -0.1) is 0 Å². The molecule has 108 valence electrons. The minimum absolute atomic E-state index is 0.210. The number of hydrogen-bond acceptors (Lipinski definition) is 3. The van der Waals surface area contributed by atoms with Crippen LogP contribution in [0.5, 0.6) is 0 Å². The van der Waals surface area contributed by atoms with Gasteiger partial charge in [-0.05, 0) is 25.0 Å². The van der Waals surface area contributed by atoms with Gasteiger partial charge in [0.15, 0.2) is 11.6 Å². The molecule has 1 aromatic carbocycles. The fraction of sp³-hybridized carbons (Fsp3) is 0.500. The van der Waals surface area contributed by atoms with Crippen LogP contribution in [0, 0.1) is 17.6 Å². The number of benzene rings is 1. The number of nitrogens with one attached hydrogen (secondary N) is 3. The molecule has 0 aromatic heterocycles. The number of carbonyl (C=O) groups is 1. The van der Waals surface area contributed by atoms with Gasteiger partial charge >= 0.3 is 0 Å². The molecule has 1 aromatic rings. The van der Waals surface area contributed by atoms with Crippen LogP contribution in [0.25, 0.3) is 0 Å². The monoisotopic (exact) mass is 281 g/mol. The van der Waals surface area contributed by atoms with Crippen LogP contribution in [0.1, 0.15) is 25.7 Å². The van der Waals surface area contributed by atoms with Crippen LogP contribution in [0.4, 0.5) is 14.5 Å². The van der Waals surface area contributed by atoms with E-state index in [1.54, 1.807) is 0 Å². The lowest BCUT2D eigenvalue weighted by Crippen LogP contribution is -2.42. The van der Waals surface area contributed by atoms with Crippen LogP contribution in [-0.2, 0) is 4.79 Å². The number of carbonyl (C=O) groups excluding carboxylic acids is 1. The maximum atomic E-state index is 13.1. The van der Waals surface area contributed by atoms with Gasteiger partial charge in [0.25, 0.3) is 0 Å². The van der Waals surface area contributed by atoms with E-state index in [2.05, 4.69) is 16.2 Å². The number of rotatable bonds is 2. The lowest BCUT2D eigenvalue weighted by atomic mass is 9.81. The van der Waals surface area contributed by atoms with Crippen molar-refractivity contribution in [1.82, 2.24) is 10.9 Å². The van der Waals surface area contributed by atoms with E-state index < -0.39 is 11.6 Å². The highest BCUT2D eigenvalue weighted by Crippen LogP contribution is 2.30. The Hall–Kier alpha value is -1.53. The van der Waals surface area contributed by atoms with Crippen LogP contribution in [-0.4, -0.2) is 18.0 Å². The van der Waals surface area contributed by atoms with Crippen LogP contribution < -0.4 is 16.2 Å². The second-order valence-corrected chi connectivity index (χ2v) is 5.44. The molecule has 1 heterocycles. The standard InChI is InChI=1S/C14H17F2N3O/c15-10-6-5-8(7-11(10)16)17-14(20)13-9-3-1-2-4-12(9)18-19-13/h5-7,9,12-13,18-19H,1-4H2,(H,17,20). The molecule has 3 unspecified atom stereocenters. The molecule has 0 bridgehead atoms. The van der Waals surface area contributed by atoms with Crippen LogP contribution in [0.3, 0.4) is 0 Å². The first kappa shape index (κ1) is 13.5. The smallest absolute Gasteiger partial charge is 0.243 e. The van der Waals surface area contributed by atoms with Crippen molar-refractivity contribution in [2.45, 2.75) is 37.8 Å². The van der Waals surface area contributed by atoms with Crippen LogP contribution >= 0.6 is 0 Å². The van der Waals surface area contributed by atoms with Gasteiger partial charge < -0.3 is 5.32 Å². The van der Waals surface area contributed by atoms with Gasteiger partial charge in [-0.1, -0.05) is 12.8 Å². The third-order valence-corrected chi connectivity index (χ3v) is 4.14. The van der Waals surface area contributed by atoms with Gasteiger partial charge in [0.1, 0.15) is 6.04 Å². The van der Waals surface area contributed by atoms with Crippen molar-refractivity contribution in [2.24, 2.45) is 5.92 Å². The average Bonchev–Trinajstić information content (AvgIpc) is 2.87. The molecule has 1 saturated carbocycles. The molecule has 1 saturated heterocycles. The molecule has 2 fully saturated rings. The minimum atomic E-state index is -0.962. The highest BCUT2D eigenvalue weighted by atomic mass is 19.2. The Morgan fingerprint density at radius 2 is 1.95 bits per heavy atom. The molecular formula is C14H17F2N3O. The molecule has 0 spiro atoms. The first-order valence-electron chi connectivity index (χ1n) is 6.92. The predicted molar refractivity (Wildman–Crippen MR) is 70.8 cm³/mol. The number of hydrogen-bond donors (Lipinski definition) is 3. The van der Waals surface area contributed by atoms with Crippen molar-refractivity contribution in [1.29, 1.82) is 0 Å². The molecule has 3 rings (SSSR count). The Balaban J connectivity index is 1.68. The summed E-state index contributed by atoms with van der Waals surface area (Å²) in [4.78, 5) is 12.2. The zero-order valence-electron chi connectivity index (χ0n) is 11.0. The molecule has 0 radical (unpaired) electrons. The summed E-state index contributed by atoms with van der Waals surface area (Å²) < 4.78 is 26.0. The Bertz CT molecular complexity index is 523. The van der Waals surface area contributed by atoms with Crippen molar-refractivity contribution < 1.29 is 13.6 Å². The Morgan fingerprint density at radius 1 is 1.15 bits per heavy atom. The lowest BCUT2D eigenvalue weighted by Gasteiger charge is -2.26. The summed E-state index contributed by atoms with van der Waals surface area (Å²) in [6, 6.07) is 3.36. The zero-order valence-corrected chi connectivity index (χ0v) is 11.0. The minimum Gasteiger partial charge on any atom is -0.325 e. The average molecular weight is 281 g/mol. The molecule has 1 aliphatic heterocycles. The molecule has 1 amide bonds. The maximum absolute atomic E-state index is 13.1. The van der Waals surface area contributed by atoms with Gasteiger partial charge in [-0.25, -0.2) is 14.2 Å². The molecule has 20 heavy (non-hydrogen) atoms. The van der Waals surface area contributed by atoms with Crippen molar-refractivity contribution in [3.8, 4) is 0 Å². The number of halogens is 2. The normalized spacial score (nSPS) is 29.0. The van der Waals surface area contributed by atoms with Crippen molar-refractivity contribution in [2.75, 3.05) is 5.32 Å². The predicted octanol–water partition coefficient (Wildman–Crippen LogP) is 1.94. The molecule has 3 atom stereocenters. The zero-order chi connectivity index (χ0) is 14.1. The summed E-state index contributed by atoms with van der Waals surface area (Å²) in [5, 5.41) is 2.64. The molecule has 1 aliphatic carbocycles. The van der Waals surface area contributed by atoms with E-state index >= 15 is 0 Å². The number of amides is 1. The fourth-order valence-corrected chi connectivity index (χ4v) is 3.10. The summed E-state index contributed by atoms with van der Waals surface area (Å²) in [7, 11) is 0. The lowest BCUT2D eigenvalue weighted by molar-refractivity contribution is -0.118. The van der Waals surface area contributed by atoms with Crippen molar-refractivity contribution in [3.05, 3.63) is 29.8 Å². The van der Waals surface area contributed by atoms with Crippen molar-refractivity contribution in [3.63, 3.8) is 0 Å². The summed E-state index contributed by atoms with van der Waals surface area (Å²) >= 11 is 0. The van der Waals surface area contributed by atoms with Crippen LogP contribution in [0.15, 0.2) is 18.2 Å². The Labute approximate surface area is 115 Å². The number of hydrazine groups is 1. The second kappa shape index (κ2) is 5.46. The molecule has 2 aliphatic rings. The SMILES string of the molecule is O=C(Nc1ccc(F)c(F)c1)C1NNC2CCCCC21. The van der Waals surface area contributed by atoms with Gasteiger partial charge in [0, 0.05) is 23.7 Å². The molecule has 3 N–H and O–H groups in total. The van der Waals surface area contributed by atoms with Gasteiger partial charge in [0.2, 0.25) is 5.91 Å². The highest BCUT2D eigenvalue weighted by molar-refractivity contribution is 5.95. The first-order chi connectivity index (χ1) is 9.65. The Kier molecular flexibility index (Phi) is 3.67. The summed E-state index contributed by atoms with van der Waals surface area (Å²) in [5.74, 6) is -1.83. The van der Waals surface area contributed by atoms with E-state index in [0.717, 1.165) is 31.4 Å². The second-order valence-electron chi connectivity index (χ2n) is 5.44. The van der Waals surface area contributed by atoms with E-state index in [0.29, 0.717) is 6.04 Å². The van der Waals surface area contributed by atoms with Crippen molar-refractivity contribution >= 4 is 11.6 Å². The Morgan fingerprint density at radius 3 is 2.75 bits per heavy atom. The number of fused-ring (bicyclic) bond motifs is 1. The third kappa shape index (κ3) is 2.53. The summed E-state index contributed by atoms with van der Waals surface area (Å²) in [5.41, 5.74) is 6.44. The van der Waals surface area contributed by atoms with Crippen LogP contribution in [0.2, 0.25) is 0 Å². The third-order valence-electron chi connectivity index (χ3n) is 4.14. The van der Waals surface area contributed by atoms with Gasteiger partial charge in [0.05, 0.1) is 0 Å². The van der Waals surface area contributed by atoms with E-state index in [9.17, 15) is 13.6 Å². The largest absolute Gasteiger partial charge is 0.325 e. The molecule has 4 nitrogen and oxygen atoms in total. The molecule has 6 heteroatoms. The van der Waals surface area contributed by atoms with Gasteiger partial charge in [-0.3, -0.25) is 10.2 Å². The number of anilines is 1. The summed E-state index contributed by atoms with van der Waals surface area (Å²) in [6.07, 6.45) is 4.36. The van der Waals surface area contributed by atoms with E-state index in [1.165, 1.54) is 12.5 Å². The first-order valence-corrected chi connectivity index (χ1v) is 6.92. The topological polar surface area (TPSA) is 53.2 Å². The quantitative estimate of drug-likeness (QED) is 0.776. The fourth-order valence-electron chi connectivity index (χ4n) is 3.10. The maximum Gasteiger partial charge on any atom is 0.243 e. The van der Waals surface area contributed by atoms with E-state index in [-0.39, 0.29) is 23.6 Å². The summed E-state index contributed by atoms with van der Waals surface area (Å²) in [6.45, 7) is 0. The van der Waals surface area contributed by atoms with E-state index in [4.69, 9.17) is 0 Å².